The van der Waals surface area contributed by atoms with Crippen LogP contribution in [0.15, 0.2) is 30.3 Å². The molecule has 0 bridgehead atoms. The minimum atomic E-state index is -3.10. The SMILES string of the molecule is COC(Cc1ccccc1)C[Te](Cl)(Cl)Cl. The summed E-state index contributed by atoms with van der Waals surface area (Å²) in [6.07, 6.45) is 0.818. The van der Waals surface area contributed by atoms with Crippen molar-refractivity contribution in [2.75, 3.05) is 7.11 Å². The Kier molecular flexibility index (Phi) is 6.07. The topological polar surface area (TPSA) is 9.23 Å². The second-order valence-corrected chi connectivity index (χ2v) is 20.8. The van der Waals surface area contributed by atoms with Crippen LogP contribution in [0, 0.1) is 0 Å². The van der Waals surface area contributed by atoms with E-state index in [2.05, 4.69) is 12.1 Å². The number of ether oxygens (including phenoxy) is 1. The summed E-state index contributed by atoms with van der Waals surface area (Å²) in [6, 6.07) is 10.1. The quantitative estimate of drug-likeness (QED) is 0.701. The Labute approximate surface area is 106 Å². The van der Waals surface area contributed by atoms with Crippen LogP contribution in [-0.4, -0.2) is 28.0 Å². The minimum absolute atomic E-state index is 0.0149. The molecule has 1 rings (SSSR count). The first-order valence-corrected chi connectivity index (χ1v) is 15.0. The van der Waals surface area contributed by atoms with Crippen LogP contribution in [0.3, 0.4) is 0 Å². The van der Waals surface area contributed by atoms with Crippen LogP contribution in [0.25, 0.3) is 0 Å². The number of rotatable bonds is 5. The number of hydrogen-bond acceptors (Lipinski definition) is 1. The molecule has 15 heavy (non-hydrogen) atoms. The summed E-state index contributed by atoms with van der Waals surface area (Å²) in [4.78, 5) is 0. The van der Waals surface area contributed by atoms with E-state index >= 15 is 0 Å². The summed E-state index contributed by atoms with van der Waals surface area (Å²) >= 11 is -3.10. The molecule has 0 heterocycles. The first-order chi connectivity index (χ1) is 7.01. The molecule has 0 spiro atoms. The fraction of sp³-hybridized carbons (Fsp3) is 0.400. The third kappa shape index (κ3) is 6.22. The molecule has 1 atom stereocenters. The van der Waals surface area contributed by atoms with Gasteiger partial charge in [-0.25, -0.2) is 0 Å². The van der Waals surface area contributed by atoms with Crippen LogP contribution in [0.2, 0.25) is 4.47 Å². The Bertz CT molecular complexity index is 286. The second-order valence-electron chi connectivity index (χ2n) is 3.22. The molecule has 1 unspecified atom stereocenters. The van der Waals surface area contributed by atoms with Crippen LogP contribution in [0.1, 0.15) is 5.56 Å². The Morgan fingerprint density at radius 2 is 1.80 bits per heavy atom. The Morgan fingerprint density at radius 3 is 2.27 bits per heavy atom. The zero-order chi connectivity index (χ0) is 11.3. The Hall–Kier alpha value is 0.840. The molecule has 0 N–H and O–H groups in total. The van der Waals surface area contributed by atoms with E-state index in [1.165, 1.54) is 5.56 Å². The van der Waals surface area contributed by atoms with Gasteiger partial charge < -0.3 is 0 Å². The molecule has 0 saturated carbocycles. The molecule has 0 aliphatic rings. The average Bonchev–Trinajstić information content (AvgIpc) is 2.16. The number of benzene rings is 1. The van der Waals surface area contributed by atoms with E-state index in [-0.39, 0.29) is 6.10 Å². The van der Waals surface area contributed by atoms with Gasteiger partial charge in [0.1, 0.15) is 0 Å². The van der Waals surface area contributed by atoms with Crippen molar-refractivity contribution in [3.63, 3.8) is 0 Å². The molecule has 0 aliphatic heterocycles. The van der Waals surface area contributed by atoms with Gasteiger partial charge in [0.15, 0.2) is 0 Å². The maximum absolute atomic E-state index is 5.91. The predicted octanol–water partition coefficient (Wildman–Crippen LogP) is 3.90. The van der Waals surface area contributed by atoms with Gasteiger partial charge >= 0.3 is 106 Å². The first-order valence-electron chi connectivity index (χ1n) is 4.48. The zero-order valence-corrected chi connectivity index (χ0v) is 12.9. The van der Waals surface area contributed by atoms with Gasteiger partial charge in [0.25, 0.3) is 0 Å². The molecule has 0 aliphatic carbocycles. The van der Waals surface area contributed by atoms with Crippen LogP contribution in [-0.2, 0) is 11.2 Å². The molecule has 86 valence electrons. The maximum atomic E-state index is 5.91. The molecule has 1 aromatic carbocycles. The van der Waals surface area contributed by atoms with E-state index in [1.807, 2.05) is 18.2 Å². The molecule has 0 aromatic heterocycles. The monoisotopic (exact) mass is 384 g/mol. The first kappa shape index (κ1) is 13.9. The molecule has 0 fully saturated rings. The Balaban J connectivity index is 2.55. The van der Waals surface area contributed by atoms with Crippen molar-refractivity contribution < 1.29 is 4.74 Å². The fourth-order valence-electron chi connectivity index (χ4n) is 1.30. The second kappa shape index (κ2) is 6.54. The molecular formula is C10H13Cl3OTe. The molecule has 0 saturated heterocycles. The average molecular weight is 383 g/mol. The van der Waals surface area contributed by atoms with E-state index in [4.69, 9.17) is 31.6 Å². The number of hydrogen-bond donors (Lipinski definition) is 0. The number of halogens is 3. The standard InChI is InChI=1S/C10H13Cl3OTe/c1-14-10(8-15(11,12)13)7-9-5-3-2-4-6-9/h2-6,10H,7-8H2,1H3. The molecular weight excluding hydrogens is 370 g/mol. The summed E-state index contributed by atoms with van der Waals surface area (Å²) in [5, 5.41) is 0. The summed E-state index contributed by atoms with van der Waals surface area (Å²) in [5.74, 6) is 0. The van der Waals surface area contributed by atoms with Crippen LogP contribution >= 0.6 is 26.9 Å². The van der Waals surface area contributed by atoms with Crippen molar-refractivity contribution in [1.29, 1.82) is 0 Å². The predicted molar refractivity (Wildman–Crippen MR) is 69.1 cm³/mol. The number of methoxy groups -OCH3 is 1. The van der Waals surface area contributed by atoms with E-state index in [1.54, 1.807) is 7.11 Å². The molecule has 1 aromatic rings. The van der Waals surface area contributed by atoms with Gasteiger partial charge in [0.05, 0.1) is 0 Å². The summed E-state index contributed by atoms with van der Waals surface area (Å²) < 4.78 is 5.91. The van der Waals surface area contributed by atoms with Crippen molar-refractivity contribution in [1.82, 2.24) is 0 Å². The van der Waals surface area contributed by atoms with Gasteiger partial charge in [-0.1, -0.05) is 0 Å². The molecule has 0 amide bonds. The normalized spacial score (nSPS) is 14.9. The van der Waals surface area contributed by atoms with Crippen molar-refractivity contribution in [2.24, 2.45) is 0 Å². The molecule has 5 heteroatoms. The van der Waals surface area contributed by atoms with Crippen LogP contribution < -0.4 is 0 Å². The van der Waals surface area contributed by atoms with Gasteiger partial charge in [-0.3, -0.25) is 0 Å². The van der Waals surface area contributed by atoms with Gasteiger partial charge in [-0.2, -0.15) is 0 Å². The van der Waals surface area contributed by atoms with Gasteiger partial charge in [-0.05, 0) is 0 Å². The van der Waals surface area contributed by atoms with Crippen LogP contribution in [0.5, 0.6) is 0 Å². The van der Waals surface area contributed by atoms with Crippen molar-refractivity contribution in [2.45, 2.75) is 17.0 Å². The van der Waals surface area contributed by atoms with Gasteiger partial charge in [0, 0.05) is 0 Å². The van der Waals surface area contributed by atoms with E-state index in [9.17, 15) is 0 Å². The van der Waals surface area contributed by atoms with Crippen molar-refractivity contribution in [3.05, 3.63) is 35.9 Å². The van der Waals surface area contributed by atoms with Crippen LogP contribution in [0.4, 0.5) is 0 Å². The Morgan fingerprint density at radius 1 is 1.20 bits per heavy atom. The zero-order valence-electron chi connectivity index (χ0n) is 8.33. The summed E-state index contributed by atoms with van der Waals surface area (Å²) in [7, 11) is 19.4. The molecule has 0 radical (unpaired) electrons. The molecule has 1 nitrogen and oxygen atoms in total. The third-order valence-electron chi connectivity index (χ3n) is 2.01. The van der Waals surface area contributed by atoms with Crippen molar-refractivity contribution in [3.8, 4) is 0 Å². The van der Waals surface area contributed by atoms with Crippen molar-refractivity contribution >= 4 is 41.7 Å². The van der Waals surface area contributed by atoms with E-state index < -0.39 is 14.8 Å². The third-order valence-corrected chi connectivity index (χ3v) is 6.69. The fourth-order valence-corrected chi connectivity index (χ4v) is 6.05. The van der Waals surface area contributed by atoms with E-state index in [0.717, 1.165) is 6.42 Å². The summed E-state index contributed by atoms with van der Waals surface area (Å²) in [6.45, 7) is 0. The van der Waals surface area contributed by atoms with Gasteiger partial charge in [0.2, 0.25) is 0 Å². The van der Waals surface area contributed by atoms with Gasteiger partial charge in [-0.15, -0.1) is 0 Å². The summed E-state index contributed by atoms with van der Waals surface area (Å²) in [5.41, 5.74) is 1.21. The van der Waals surface area contributed by atoms with E-state index in [0.29, 0.717) is 4.47 Å².